The van der Waals surface area contributed by atoms with Crippen molar-refractivity contribution in [1.82, 2.24) is 14.5 Å². The van der Waals surface area contributed by atoms with Crippen LogP contribution in [0.3, 0.4) is 0 Å². The molecule has 0 atom stereocenters. The van der Waals surface area contributed by atoms with Gasteiger partial charge in [-0.2, -0.15) is 4.31 Å². The Bertz CT molecular complexity index is 795. The number of hydrogen-bond acceptors (Lipinski definition) is 6. The smallest absolute Gasteiger partial charge is 0.243 e. The Kier molecular flexibility index (Phi) is 5.71. The van der Waals surface area contributed by atoms with Crippen molar-refractivity contribution in [3.05, 3.63) is 34.3 Å². The van der Waals surface area contributed by atoms with Crippen LogP contribution in [-0.4, -0.2) is 42.6 Å². The number of aryl methyl sites for hydroxylation is 1. The first-order valence-corrected chi connectivity index (χ1v) is 10.9. The lowest BCUT2D eigenvalue weighted by Crippen LogP contribution is -2.37. The quantitative estimate of drug-likeness (QED) is 0.769. The minimum absolute atomic E-state index is 0.310. The fourth-order valence-electron chi connectivity index (χ4n) is 2.94. The topological polar surface area (TPSA) is 72.4 Å². The molecule has 1 aliphatic heterocycles. The molecule has 1 fully saturated rings. The van der Waals surface area contributed by atoms with Crippen molar-refractivity contribution >= 4 is 21.4 Å². The van der Waals surface area contributed by atoms with E-state index in [9.17, 15) is 8.42 Å². The van der Waals surface area contributed by atoms with E-state index < -0.39 is 10.0 Å². The Morgan fingerprint density at radius 3 is 2.40 bits per heavy atom. The van der Waals surface area contributed by atoms with E-state index in [4.69, 9.17) is 4.74 Å². The van der Waals surface area contributed by atoms with Crippen molar-refractivity contribution in [3.8, 4) is 5.75 Å². The zero-order chi connectivity index (χ0) is 17.9. The zero-order valence-corrected chi connectivity index (χ0v) is 16.1. The van der Waals surface area contributed by atoms with E-state index in [0.29, 0.717) is 36.3 Å². The van der Waals surface area contributed by atoms with Crippen molar-refractivity contribution < 1.29 is 13.2 Å². The average molecular weight is 382 g/mol. The minimum atomic E-state index is -3.45. The van der Waals surface area contributed by atoms with Crippen LogP contribution in [0.1, 0.15) is 42.6 Å². The lowest BCUT2D eigenvalue weighted by atomic mass is 9.99. The average Bonchev–Trinajstić information content (AvgIpc) is 3.12. The standard InChI is InChI=1S/C17H23N3O3S2/c1-3-16-18-19-17(24-16)13-9-11-20(12-10-13)25(21,22)15-7-5-14(6-8-15)23-4-2/h5-8,13H,3-4,9-12H2,1-2H3. The molecule has 1 aromatic carbocycles. The molecule has 136 valence electrons. The summed E-state index contributed by atoms with van der Waals surface area (Å²) in [6.07, 6.45) is 2.46. The molecule has 0 saturated carbocycles. The van der Waals surface area contributed by atoms with Crippen LogP contribution in [0.25, 0.3) is 0 Å². The van der Waals surface area contributed by atoms with Gasteiger partial charge >= 0.3 is 0 Å². The predicted molar refractivity (Wildman–Crippen MR) is 97.6 cm³/mol. The van der Waals surface area contributed by atoms with E-state index in [1.165, 1.54) is 0 Å². The van der Waals surface area contributed by atoms with Crippen LogP contribution in [0.15, 0.2) is 29.2 Å². The zero-order valence-electron chi connectivity index (χ0n) is 14.5. The number of rotatable bonds is 6. The van der Waals surface area contributed by atoms with Crippen molar-refractivity contribution in [2.45, 2.75) is 43.9 Å². The van der Waals surface area contributed by atoms with Crippen LogP contribution in [-0.2, 0) is 16.4 Å². The maximum absolute atomic E-state index is 12.8. The van der Waals surface area contributed by atoms with Gasteiger partial charge in [0.1, 0.15) is 15.8 Å². The molecule has 0 bridgehead atoms. The largest absolute Gasteiger partial charge is 0.494 e. The summed E-state index contributed by atoms with van der Waals surface area (Å²) in [5, 5.41) is 10.5. The Labute approximate surface area is 152 Å². The SMILES string of the molecule is CCOc1ccc(S(=O)(=O)N2CCC(c3nnc(CC)s3)CC2)cc1. The molecule has 8 heteroatoms. The van der Waals surface area contributed by atoms with Gasteiger partial charge in [-0.05, 0) is 50.5 Å². The first-order valence-electron chi connectivity index (χ1n) is 8.60. The third kappa shape index (κ3) is 4.02. The number of aromatic nitrogens is 2. The van der Waals surface area contributed by atoms with Gasteiger partial charge in [-0.25, -0.2) is 8.42 Å². The van der Waals surface area contributed by atoms with E-state index in [1.807, 2.05) is 6.92 Å². The second-order valence-corrected chi connectivity index (χ2v) is 9.00. The fraction of sp³-hybridized carbons (Fsp3) is 0.529. The Hall–Kier alpha value is -1.51. The van der Waals surface area contributed by atoms with E-state index >= 15 is 0 Å². The maximum Gasteiger partial charge on any atom is 0.243 e. The summed E-state index contributed by atoms with van der Waals surface area (Å²) in [5.41, 5.74) is 0. The van der Waals surface area contributed by atoms with Gasteiger partial charge < -0.3 is 4.74 Å². The van der Waals surface area contributed by atoms with Gasteiger partial charge in [0.05, 0.1) is 11.5 Å². The van der Waals surface area contributed by atoms with Crippen molar-refractivity contribution in [3.63, 3.8) is 0 Å². The third-order valence-electron chi connectivity index (χ3n) is 4.36. The lowest BCUT2D eigenvalue weighted by molar-refractivity contribution is 0.318. The Morgan fingerprint density at radius 1 is 1.16 bits per heavy atom. The van der Waals surface area contributed by atoms with Gasteiger partial charge in [0.15, 0.2) is 0 Å². The van der Waals surface area contributed by atoms with Crippen LogP contribution in [0.2, 0.25) is 0 Å². The van der Waals surface area contributed by atoms with Crippen LogP contribution in [0.4, 0.5) is 0 Å². The Balaban J connectivity index is 1.66. The number of benzene rings is 1. The summed E-state index contributed by atoms with van der Waals surface area (Å²) in [6, 6.07) is 6.64. The molecule has 6 nitrogen and oxygen atoms in total. The highest BCUT2D eigenvalue weighted by molar-refractivity contribution is 7.89. The maximum atomic E-state index is 12.8. The first kappa shape index (κ1) is 18.3. The van der Waals surface area contributed by atoms with E-state index in [-0.39, 0.29) is 0 Å². The molecule has 0 unspecified atom stereocenters. The van der Waals surface area contributed by atoms with Crippen molar-refractivity contribution in [1.29, 1.82) is 0 Å². The molecule has 1 aliphatic rings. The highest BCUT2D eigenvalue weighted by Gasteiger charge is 2.31. The van der Waals surface area contributed by atoms with Crippen LogP contribution in [0.5, 0.6) is 5.75 Å². The Morgan fingerprint density at radius 2 is 1.84 bits per heavy atom. The molecule has 1 aromatic heterocycles. The predicted octanol–water partition coefficient (Wildman–Crippen LogP) is 3.07. The van der Waals surface area contributed by atoms with E-state index in [1.54, 1.807) is 39.9 Å². The molecule has 0 N–H and O–H groups in total. The molecule has 2 aromatic rings. The number of hydrogen-bond donors (Lipinski definition) is 0. The number of piperidine rings is 1. The summed E-state index contributed by atoms with van der Waals surface area (Å²) < 4.78 is 32.6. The number of sulfonamides is 1. The molecule has 0 spiro atoms. The second-order valence-electron chi connectivity index (χ2n) is 5.97. The van der Waals surface area contributed by atoms with Crippen molar-refractivity contribution in [2.24, 2.45) is 0 Å². The molecule has 1 saturated heterocycles. The molecule has 2 heterocycles. The van der Waals surface area contributed by atoms with Gasteiger partial charge in [0, 0.05) is 19.0 Å². The molecule has 3 rings (SSSR count). The van der Waals surface area contributed by atoms with Gasteiger partial charge in [-0.3, -0.25) is 0 Å². The number of nitrogens with zero attached hydrogens (tertiary/aromatic N) is 3. The van der Waals surface area contributed by atoms with Crippen LogP contribution in [0, 0.1) is 0 Å². The van der Waals surface area contributed by atoms with Crippen LogP contribution >= 0.6 is 11.3 Å². The molecular formula is C17H23N3O3S2. The molecule has 25 heavy (non-hydrogen) atoms. The lowest BCUT2D eigenvalue weighted by Gasteiger charge is -2.30. The summed E-state index contributed by atoms with van der Waals surface area (Å²) in [4.78, 5) is 0.318. The van der Waals surface area contributed by atoms with E-state index in [0.717, 1.165) is 29.3 Å². The molecular weight excluding hydrogens is 358 g/mol. The third-order valence-corrected chi connectivity index (χ3v) is 7.50. The first-order chi connectivity index (χ1) is 12.0. The molecule has 0 radical (unpaired) electrons. The van der Waals surface area contributed by atoms with Gasteiger partial charge in [-0.1, -0.05) is 6.92 Å². The monoisotopic (exact) mass is 381 g/mol. The summed E-state index contributed by atoms with van der Waals surface area (Å²) >= 11 is 1.65. The highest BCUT2D eigenvalue weighted by Crippen LogP contribution is 2.32. The highest BCUT2D eigenvalue weighted by atomic mass is 32.2. The van der Waals surface area contributed by atoms with E-state index in [2.05, 4.69) is 17.1 Å². The van der Waals surface area contributed by atoms with Gasteiger partial charge in [0.2, 0.25) is 10.0 Å². The molecule has 0 aliphatic carbocycles. The molecule has 0 amide bonds. The number of ether oxygens (including phenoxy) is 1. The normalized spacial score (nSPS) is 16.9. The van der Waals surface area contributed by atoms with Crippen LogP contribution < -0.4 is 4.74 Å². The summed E-state index contributed by atoms with van der Waals surface area (Å²) in [6.45, 7) is 5.56. The minimum Gasteiger partial charge on any atom is -0.494 e. The van der Waals surface area contributed by atoms with Gasteiger partial charge in [-0.15, -0.1) is 21.5 Å². The van der Waals surface area contributed by atoms with Gasteiger partial charge in [0.25, 0.3) is 0 Å². The second kappa shape index (κ2) is 7.80. The summed E-state index contributed by atoms with van der Waals surface area (Å²) in [5.74, 6) is 0.993. The summed E-state index contributed by atoms with van der Waals surface area (Å²) in [7, 11) is -3.45. The fourth-order valence-corrected chi connectivity index (χ4v) is 5.36. The van der Waals surface area contributed by atoms with Crippen molar-refractivity contribution in [2.75, 3.05) is 19.7 Å².